The SMILES string of the molecule is Cc1[nH]c(CN)nc1Cc1cccc(Cl)c1. The highest BCUT2D eigenvalue weighted by atomic mass is 35.5. The second kappa shape index (κ2) is 4.68. The van der Waals surface area contributed by atoms with E-state index in [1.807, 2.05) is 31.2 Å². The van der Waals surface area contributed by atoms with Crippen molar-refractivity contribution in [3.05, 3.63) is 52.1 Å². The third kappa shape index (κ3) is 2.43. The molecule has 0 saturated carbocycles. The summed E-state index contributed by atoms with van der Waals surface area (Å²) in [4.78, 5) is 7.59. The molecule has 0 bridgehead atoms. The van der Waals surface area contributed by atoms with Gasteiger partial charge >= 0.3 is 0 Å². The molecule has 0 saturated heterocycles. The molecule has 3 N–H and O–H groups in total. The van der Waals surface area contributed by atoms with Gasteiger partial charge in [0, 0.05) is 17.1 Å². The number of nitrogens with one attached hydrogen (secondary N) is 1. The maximum Gasteiger partial charge on any atom is 0.120 e. The summed E-state index contributed by atoms with van der Waals surface area (Å²) in [5.41, 5.74) is 8.79. The molecule has 16 heavy (non-hydrogen) atoms. The first-order valence-corrected chi connectivity index (χ1v) is 5.55. The Morgan fingerprint density at radius 3 is 2.88 bits per heavy atom. The maximum atomic E-state index is 5.94. The van der Waals surface area contributed by atoms with Crippen molar-refractivity contribution in [1.29, 1.82) is 0 Å². The molecule has 2 aromatic rings. The summed E-state index contributed by atoms with van der Waals surface area (Å²) in [6.45, 7) is 2.45. The Balaban J connectivity index is 2.23. The van der Waals surface area contributed by atoms with Gasteiger partial charge in [-0.05, 0) is 24.6 Å². The van der Waals surface area contributed by atoms with Crippen molar-refractivity contribution in [1.82, 2.24) is 9.97 Å². The first-order valence-electron chi connectivity index (χ1n) is 5.18. The summed E-state index contributed by atoms with van der Waals surface area (Å²) >= 11 is 5.94. The van der Waals surface area contributed by atoms with E-state index in [0.29, 0.717) is 6.54 Å². The number of benzene rings is 1. The van der Waals surface area contributed by atoms with E-state index in [0.717, 1.165) is 34.2 Å². The lowest BCUT2D eigenvalue weighted by Crippen LogP contribution is -1.98. The van der Waals surface area contributed by atoms with E-state index in [1.54, 1.807) is 0 Å². The number of aryl methyl sites for hydroxylation is 1. The average molecular weight is 236 g/mol. The van der Waals surface area contributed by atoms with Gasteiger partial charge in [-0.3, -0.25) is 0 Å². The topological polar surface area (TPSA) is 54.7 Å². The number of hydrogen-bond acceptors (Lipinski definition) is 2. The lowest BCUT2D eigenvalue weighted by Gasteiger charge is -2.00. The molecule has 0 aliphatic rings. The molecule has 0 spiro atoms. The predicted octanol–water partition coefficient (Wildman–Crippen LogP) is 2.42. The number of hydrogen-bond donors (Lipinski definition) is 2. The number of aromatic nitrogens is 2. The highest BCUT2D eigenvalue weighted by Gasteiger charge is 2.06. The van der Waals surface area contributed by atoms with Crippen LogP contribution in [-0.2, 0) is 13.0 Å². The Morgan fingerprint density at radius 2 is 2.25 bits per heavy atom. The molecule has 0 radical (unpaired) electrons. The second-order valence-electron chi connectivity index (χ2n) is 3.77. The molecule has 2 rings (SSSR count). The molecular formula is C12H14ClN3. The van der Waals surface area contributed by atoms with E-state index in [2.05, 4.69) is 9.97 Å². The number of rotatable bonds is 3. The van der Waals surface area contributed by atoms with E-state index in [1.165, 1.54) is 0 Å². The van der Waals surface area contributed by atoms with E-state index >= 15 is 0 Å². The van der Waals surface area contributed by atoms with Crippen LogP contribution in [0.4, 0.5) is 0 Å². The maximum absolute atomic E-state index is 5.94. The predicted molar refractivity (Wildman–Crippen MR) is 65.5 cm³/mol. The summed E-state index contributed by atoms with van der Waals surface area (Å²) in [5, 5.41) is 0.754. The third-order valence-electron chi connectivity index (χ3n) is 2.49. The van der Waals surface area contributed by atoms with Gasteiger partial charge < -0.3 is 10.7 Å². The fraction of sp³-hybridized carbons (Fsp3) is 0.250. The first-order chi connectivity index (χ1) is 7.69. The van der Waals surface area contributed by atoms with E-state index in [-0.39, 0.29) is 0 Å². The van der Waals surface area contributed by atoms with Gasteiger partial charge in [0.2, 0.25) is 0 Å². The molecule has 0 amide bonds. The zero-order chi connectivity index (χ0) is 11.5. The second-order valence-corrected chi connectivity index (χ2v) is 4.20. The summed E-state index contributed by atoms with van der Waals surface area (Å²) in [6.07, 6.45) is 0.781. The van der Waals surface area contributed by atoms with Gasteiger partial charge in [-0.25, -0.2) is 4.98 Å². The number of aromatic amines is 1. The Labute approximate surface area is 99.7 Å². The minimum atomic E-state index is 0.441. The van der Waals surface area contributed by atoms with Crippen molar-refractivity contribution in [3.63, 3.8) is 0 Å². The monoisotopic (exact) mass is 235 g/mol. The van der Waals surface area contributed by atoms with Crippen molar-refractivity contribution >= 4 is 11.6 Å². The van der Waals surface area contributed by atoms with Gasteiger partial charge in [0.15, 0.2) is 0 Å². The zero-order valence-electron chi connectivity index (χ0n) is 9.13. The minimum absolute atomic E-state index is 0.441. The van der Waals surface area contributed by atoms with Crippen LogP contribution in [0.15, 0.2) is 24.3 Å². The van der Waals surface area contributed by atoms with Crippen LogP contribution in [0.1, 0.15) is 22.8 Å². The van der Waals surface area contributed by atoms with E-state index in [4.69, 9.17) is 17.3 Å². The number of nitrogens with zero attached hydrogens (tertiary/aromatic N) is 1. The number of nitrogens with two attached hydrogens (primary N) is 1. The average Bonchev–Trinajstić information content (AvgIpc) is 2.60. The Morgan fingerprint density at radius 1 is 1.44 bits per heavy atom. The highest BCUT2D eigenvalue weighted by Crippen LogP contribution is 2.15. The highest BCUT2D eigenvalue weighted by molar-refractivity contribution is 6.30. The van der Waals surface area contributed by atoms with Crippen LogP contribution in [0, 0.1) is 6.92 Å². The van der Waals surface area contributed by atoms with Crippen LogP contribution in [0.2, 0.25) is 5.02 Å². The molecule has 0 aliphatic heterocycles. The molecule has 0 aliphatic carbocycles. The molecule has 0 unspecified atom stereocenters. The normalized spacial score (nSPS) is 10.7. The molecule has 1 aromatic heterocycles. The van der Waals surface area contributed by atoms with Crippen LogP contribution < -0.4 is 5.73 Å². The van der Waals surface area contributed by atoms with Gasteiger partial charge in [0.25, 0.3) is 0 Å². The van der Waals surface area contributed by atoms with E-state index < -0.39 is 0 Å². The Bertz CT molecular complexity index is 491. The fourth-order valence-corrected chi connectivity index (χ4v) is 1.89. The first kappa shape index (κ1) is 11.2. The summed E-state index contributed by atoms with van der Waals surface area (Å²) < 4.78 is 0. The van der Waals surface area contributed by atoms with Gasteiger partial charge in [0.1, 0.15) is 5.82 Å². The fourth-order valence-electron chi connectivity index (χ4n) is 1.67. The lowest BCUT2D eigenvalue weighted by atomic mass is 10.1. The molecular weight excluding hydrogens is 222 g/mol. The number of H-pyrrole nitrogens is 1. The molecule has 1 aromatic carbocycles. The largest absolute Gasteiger partial charge is 0.345 e. The molecule has 84 valence electrons. The minimum Gasteiger partial charge on any atom is -0.345 e. The standard InChI is InChI=1S/C12H14ClN3/c1-8-11(16-12(7-14)15-8)6-9-3-2-4-10(13)5-9/h2-5H,6-7,14H2,1H3,(H,15,16). The van der Waals surface area contributed by atoms with Crippen LogP contribution in [0.3, 0.4) is 0 Å². The van der Waals surface area contributed by atoms with Crippen molar-refractivity contribution in [3.8, 4) is 0 Å². The smallest absolute Gasteiger partial charge is 0.120 e. The van der Waals surface area contributed by atoms with Crippen molar-refractivity contribution in [2.24, 2.45) is 5.73 Å². The quantitative estimate of drug-likeness (QED) is 0.859. The number of imidazole rings is 1. The van der Waals surface area contributed by atoms with E-state index in [9.17, 15) is 0 Å². The van der Waals surface area contributed by atoms with Gasteiger partial charge in [0.05, 0.1) is 12.2 Å². The van der Waals surface area contributed by atoms with Crippen molar-refractivity contribution in [2.45, 2.75) is 19.9 Å². The molecule has 4 heteroatoms. The Hall–Kier alpha value is -1.32. The summed E-state index contributed by atoms with van der Waals surface area (Å²) in [6, 6.07) is 7.82. The molecule has 1 heterocycles. The lowest BCUT2D eigenvalue weighted by molar-refractivity contribution is 0.935. The van der Waals surface area contributed by atoms with Crippen LogP contribution in [-0.4, -0.2) is 9.97 Å². The summed E-state index contributed by atoms with van der Waals surface area (Å²) in [7, 11) is 0. The Kier molecular flexibility index (Phi) is 3.27. The third-order valence-corrected chi connectivity index (χ3v) is 2.72. The molecule has 0 atom stereocenters. The van der Waals surface area contributed by atoms with Gasteiger partial charge in [-0.15, -0.1) is 0 Å². The van der Waals surface area contributed by atoms with Gasteiger partial charge in [-0.2, -0.15) is 0 Å². The van der Waals surface area contributed by atoms with Crippen molar-refractivity contribution in [2.75, 3.05) is 0 Å². The van der Waals surface area contributed by atoms with Crippen LogP contribution in [0.25, 0.3) is 0 Å². The van der Waals surface area contributed by atoms with Crippen LogP contribution in [0.5, 0.6) is 0 Å². The number of halogens is 1. The zero-order valence-corrected chi connectivity index (χ0v) is 9.88. The van der Waals surface area contributed by atoms with Gasteiger partial charge in [-0.1, -0.05) is 23.7 Å². The van der Waals surface area contributed by atoms with Crippen molar-refractivity contribution < 1.29 is 0 Å². The summed E-state index contributed by atoms with van der Waals surface area (Å²) in [5.74, 6) is 0.828. The van der Waals surface area contributed by atoms with Crippen LogP contribution >= 0.6 is 11.6 Å². The molecule has 3 nitrogen and oxygen atoms in total. The molecule has 0 fully saturated rings.